The van der Waals surface area contributed by atoms with Crippen LogP contribution in [0, 0.1) is 0 Å². The molecule has 0 saturated carbocycles. The third-order valence-corrected chi connectivity index (χ3v) is 2.30. The van der Waals surface area contributed by atoms with Crippen molar-refractivity contribution in [1.82, 2.24) is 10.2 Å². The molecule has 0 aromatic rings. The molecule has 0 spiro atoms. The first-order valence-electron chi connectivity index (χ1n) is 5.42. The van der Waals surface area contributed by atoms with Gasteiger partial charge in [-0.2, -0.15) is 0 Å². The smallest absolute Gasteiger partial charge is 0.223 e. The third kappa shape index (κ3) is 7.33. The van der Waals surface area contributed by atoms with Crippen molar-refractivity contribution in [3.05, 3.63) is 0 Å². The summed E-state index contributed by atoms with van der Waals surface area (Å²) < 4.78 is 5.00. The monoisotopic (exact) mass is 216 g/mol. The predicted molar refractivity (Wildman–Crippen MR) is 61.9 cm³/mol. The molecule has 1 N–H and O–H groups in total. The fraction of sp³-hybridized carbons (Fsp3) is 0.909. The van der Waals surface area contributed by atoms with Gasteiger partial charge in [0.25, 0.3) is 0 Å². The second kappa shape index (κ2) is 7.65. The van der Waals surface area contributed by atoms with Gasteiger partial charge in [-0.15, -0.1) is 0 Å². The number of methoxy groups -OCH3 is 1. The number of carbonyl (C=O) groups is 1. The molecule has 0 fully saturated rings. The Morgan fingerprint density at radius 3 is 2.40 bits per heavy atom. The van der Waals surface area contributed by atoms with Crippen LogP contribution in [0.2, 0.25) is 0 Å². The zero-order chi connectivity index (χ0) is 11.8. The van der Waals surface area contributed by atoms with Gasteiger partial charge in [0.2, 0.25) is 5.91 Å². The summed E-state index contributed by atoms with van der Waals surface area (Å²) in [7, 11) is 5.26. The number of rotatable bonds is 7. The minimum atomic E-state index is 0.161. The molecule has 0 aliphatic heterocycles. The van der Waals surface area contributed by atoms with E-state index >= 15 is 0 Å². The highest BCUT2D eigenvalue weighted by Gasteiger charge is 2.12. The first-order valence-corrected chi connectivity index (χ1v) is 5.42. The second-order valence-electron chi connectivity index (χ2n) is 4.24. The lowest BCUT2D eigenvalue weighted by atomic mass is 10.1. The zero-order valence-corrected chi connectivity index (χ0v) is 10.5. The Kier molecular flexibility index (Phi) is 7.34. The van der Waals surface area contributed by atoms with Crippen molar-refractivity contribution in [2.24, 2.45) is 0 Å². The number of carbonyl (C=O) groups excluding carboxylic acids is 1. The van der Waals surface area contributed by atoms with Gasteiger partial charge in [0.15, 0.2) is 0 Å². The van der Waals surface area contributed by atoms with Gasteiger partial charge in [0.05, 0.1) is 0 Å². The van der Waals surface area contributed by atoms with Gasteiger partial charge in [-0.1, -0.05) is 0 Å². The molecule has 0 radical (unpaired) electrons. The highest BCUT2D eigenvalue weighted by Crippen LogP contribution is 1.99. The molecule has 4 heteroatoms. The predicted octanol–water partition coefficient (Wildman–Crippen LogP) is 0.868. The van der Waals surface area contributed by atoms with Gasteiger partial charge < -0.3 is 15.0 Å². The molecule has 0 aromatic carbocycles. The van der Waals surface area contributed by atoms with Crippen LogP contribution in [0.5, 0.6) is 0 Å². The molecule has 0 rings (SSSR count). The van der Waals surface area contributed by atoms with Crippen LogP contribution in [0.4, 0.5) is 0 Å². The van der Waals surface area contributed by atoms with Gasteiger partial charge >= 0.3 is 0 Å². The molecule has 0 saturated heterocycles. The number of ether oxygens (including phenoxy) is 1. The summed E-state index contributed by atoms with van der Waals surface area (Å²) in [6.45, 7) is 4.89. The van der Waals surface area contributed by atoms with Gasteiger partial charge in [0.1, 0.15) is 0 Å². The fourth-order valence-corrected chi connectivity index (χ4v) is 1.37. The molecule has 4 nitrogen and oxygen atoms in total. The average molecular weight is 216 g/mol. The van der Waals surface area contributed by atoms with Gasteiger partial charge in [-0.25, -0.2) is 0 Å². The van der Waals surface area contributed by atoms with Crippen LogP contribution in [-0.2, 0) is 9.53 Å². The van der Waals surface area contributed by atoms with Crippen LogP contribution < -0.4 is 5.32 Å². The van der Waals surface area contributed by atoms with Crippen LogP contribution in [0.25, 0.3) is 0 Å². The van der Waals surface area contributed by atoms with Gasteiger partial charge in [-0.3, -0.25) is 4.79 Å². The maximum absolute atomic E-state index is 11.4. The van der Waals surface area contributed by atoms with E-state index < -0.39 is 0 Å². The molecule has 2 unspecified atom stereocenters. The number of amides is 1. The Hall–Kier alpha value is -0.610. The fourth-order valence-electron chi connectivity index (χ4n) is 1.37. The van der Waals surface area contributed by atoms with Crippen molar-refractivity contribution in [2.45, 2.75) is 38.8 Å². The molecule has 1 amide bonds. The SMILES string of the molecule is COCCC(C)NC(C)CC(=O)N(C)C. The van der Waals surface area contributed by atoms with Crippen molar-refractivity contribution in [3.8, 4) is 0 Å². The summed E-state index contributed by atoms with van der Waals surface area (Å²) in [5.74, 6) is 0.161. The Morgan fingerprint density at radius 1 is 1.33 bits per heavy atom. The lowest BCUT2D eigenvalue weighted by Gasteiger charge is -2.20. The van der Waals surface area contributed by atoms with Crippen molar-refractivity contribution < 1.29 is 9.53 Å². The topological polar surface area (TPSA) is 41.6 Å². The van der Waals surface area contributed by atoms with E-state index in [2.05, 4.69) is 12.2 Å². The largest absolute Gasteiger partial charge is 0.385 e. The lowest BCUT2D eigenvalue weighted by Crippen LogP contribution is -2.38. The standard InChI is InChI=1S/C11H24N2O2/c1-9(6-7-15-5)12-10(2)8-11(14)13(3)4/h9-10,12H,6-8H2,1-5H3. The summed E-state index contributed by atoms with van der Waals surface area (Å²) in [5, 5.41) is 3.37. The minimum absolute atomic E-state index is 0.161. The second-order valence-corrected chi connectivity index (χ2v) is 4.24. The molecular weight excluding hydrogens is 192 g/mol. The summed E-state index contributed by atoms with van der Waals surface area (Å²) in [4.78, 5) is 13.0. The van der Waals surface area contributed by atoms with Crippen LogP contribution >= 0.6 is 0 Å². The molecule has 15 heavy (non-hydrogen) atoms. The van der Waals surface area contributed by atoms with E-state index in [9.17, 15) is 4.79 Å². The van der Waals surface area contributed by atoms with Crippen molar-refractivity contribution in [2.75, 3.05) is 27.8 Å². The summed E-state index contributed by atoms with van der Waals surface area (Å²) >= 11 is 0. The van der Waals surface area contributed by atoms with E-state index in [1.807, 2.05) is 6.92 Å². The number of hydrogen-bond donors (Lipinski definition) is 1. The van der Waals surface area contributed by atoms with Gasteiger partial charge in [-0.05, 0) is 20.3 Å². The molecular formula is C11H24N2O2. The lowest BCUT2D eigenvalue weighted by molar-refractivity contribution is -0.129. The quantitative estimate of drug-likeness (QED) is 0.686. The first kappa shape index (κ1) is 14.4. The minimum Gasteiger partial charge on any atom is -0.385 e. The zero-order valence-electron chi connectivity index (χ0n) is 10.5. The third-order valence-electron chi connectivity index (χ3n) is 2.30. The van der Waals surface area contributed by atoms with Crippen LogP contribution in [-0.4, -0.2) is 50.7 Å². The van der Waals surface area contributed by atoms with Crippen molar-refractivity contribution in [1.29, 1.82) is 0 Å². The van der Waals surface area contributed by atoms with E-state index in [0.29, 0.717) is 12.5 Å². The molecule has 2 atom stereocenters. The van der Waals surface area contributed by atoms with E-state index in [-0.39, 0.29) is 11.9 Å². The highest BCUT2D eigenvalue weighted by molar-refractivity contribution is 5.76. The normalized spacial score (nSPS) is 14.7. The molecule has 90 valence electrons. The van der Waals surface area contributed by atoms with Crippen LogP contribution in [0.1, 0.15) is 26.7 Å². The highest BCUT2D eigenvalue weighted by atomic mass is 16.5. The summed E-state index contributed by atoms with van der Waals surface area (Å²) in [6.07, 6.45) is 1.52. The average Bonchev–Trinajstić information content (AvgIpc) is 2.14. The maximum Gasteiger partial charge on any atom is 0.223 e. The number of nitrogens with zero attached hydrogens (tertiary/aromatic N) is 1. The van der Waals surface area contributed by atoms with E-state index in [1.165, 1.54) is 0 Å². The molecule has 0 aromatic heterocycles. The number of nitrogens with one attached hydrogen (secondary N) is 1. The van der Waals surface area contributed by atoms with Crippen LogP contribution in [0.15, 0.2) is 0 Å². The van der Waals surface area contributed by atoms with E-state index in [4.69, 9.17) is 4.74 Å². The van der Waals surface area contributed by atoms with Crippen molar-refractivity contribution >= 4 is 5.91 Å². The van der Waals surface area contributed by atoms with E-state index in [1.54, 1.807) is 26.1 Å². The Labute approximate surface area is 93.0 Å². The molecule has 0 aliphatic rings. The van der Waals surface area contributed by atoms with Crippen LogP contribution in [0.3, 0.4) is 0 Å². The Bertz CT molecular complexity index is 183. The number of hydrogen-bond acceptors (Lipinski definition) is 3. The molecule has 0 heterocycles. The molecule has 0 bridgehead atoms. The Balaban J connectivity index is 3.72. The van der Waals surface area contributed by atoms with Crippen molar-refractivity contribution in [3.63, 3.8) is 0 Å². The Morgan fingerprint density at radius 2 is 1.93 bits per heavy atom. The maximum atomic E-state index is 11.4. The summed E-state index contributed by atoms with van der Waals surface area (Å²) in [6, 6.07) is 0.599. The molecule has 0 aliphatic carbocycles. The van der Waals surface area contributed by atoms with Gasteiger partial charge in [0, 0.05) is 46.3 Å². The summed E-state index contributed by atoms with van der Waals surface area (Å²) in [5.41, 5.74) is 0. The first-order chi connectivity index (χ1) is 6.97. The van der Waals surface area contributed by atoms with E-state index in [0.717, 1.165) is 13.0 Å².